The summed E-state index contributed by atoms with van der Waals surface area (Å²) in [5, 5.41) is 15.0. The number of piperidine rings is 1. The van der Waals surface area contributed by atoms with E-state index < -0.39 is 5.97 Å². The van der Waals surface area contributed by atoms with Crippen LogP contribution in [0, 0.1) is 12.8 Å². The predicted octanol–water partition coefficient (Wildman–Crippen LogP) is 4.22. The topological polar surface area (TPSA) is 70.7 Å². The van der Waals surface area contributed by atoms with Crippen LogP contribution in [0.15, 0.2) is 30.3 Å². The third kappa shape index (κ3) is 3.33. The van der Waals surface area contributed by atoms with Gasteiger partial charge in [0.05, 0.1) is 11.6 Å². The Balaban J connectivity index is 1.85. The van der Waals surface area contributed by atoms with Crippen molar-refractivity contribution in [2.24, 2.45) is 5.92 Å². The third-order valence-electron chi connectivity index (χ3n) is 5.44. The standard InChI is InChI=1S/C21H23ClN4O2/c1-3-17-13(2)23-19-11-18(14-6-8-16(22)9-7-14)24-26(19)20(17)25-10-4-5-15(12-25)21(27)28/h6-9,11,15H,3-5,10,12H2,1-2H3,(H,27,28). The molecule has 0 bridgehead atoms. The van der Waals surface area contributed by atoms with Crippen LogP contribution in [-0.4, -0.2) is 38.8 Å². The Hall–Kier alpha value is -2.60. The molecule has 1 aromatic carbocycles. The van der Waals surface area contributed by atoms with Crippen LogP contribution >= 0.6 is 11.6 Å². The van der Waals surface area contributed by atoms with Crippen LogP contribution in [-0.2, 0) is 11.2 Å². The molecule has 0 saturated carbocycles. The van der Waals surface area contributed by atoms with Crippen molar-refractivity contribution in [1.82, 2.24) is 14.6 Å². The molecular weight excluding hydrogens is 376 g/mol. The van der Waals surface area contributed by atoms with Crippen molar-refractivity contribution in [3.63, 3.8) is 0 Å². The molecule has 3 aromatic rings. The highest BCUT2D eigenvalue weighted by molar-refractivity contribution is 6.30. The second-order valence-electron chi connectivity index (χ2n) is 7.28. The van der Waals surface area contributed by atoms with Gasteiger partial charge >= 0.3 is 5.97 Å². The summed E-state index contributed by atoms with van der Waals surface area (Å²) in [5.74, 6) is -0.114. The molecule has 1 atom stereocenters. The van der Waals surface area contributed by atoms with Gasteiger partial charge in [0.15, 0.2) is 5.65 Å². The molecule has 1 unspecified atom stereocenters. The lowest BCUT2D eigenvalue weighted by atomic mass is 9.97. The molecule has 1 aliphatic heterocycles. The van der Waals surface area contributed by atoms with Gasteiger partial charge in [-0.3, -0.25) is 4.79 Å². The van der Waals surface area contributed by atoms with Crippen molar-refractivity contribution in [2.45, 2.75) is 33.1 Å². The molecule has 0 spiro atoms. The monoisotopic (exact) mass is 398 g/mol. The number of fused-ring (bicyclic) bond motifs is 1. The largest absolute Gasteiger partial charge is 0.481 e. The van der Waals surface area contributed by atoms with Crippen LogP contribution < -0.4 is 4.90 Å². The quantitative estimate of drug-likeness (QED) is 0.712. The number of carbonyl (C=O) groups is 1. The Morgan fingerprint density at radius 3 is 2.75 bits per heavy atom. The smallest absolute Gasteiger partial charge is 0.308 e. The Bertz CT molecular complexity index is 1030. The second-order valence-corrected chi connectivity index (χ2v) is 7.72. The van der Waals surface area contributed by atoms with Crippen LogP contribution in [0.25, 0.3) is 16.9 Å². The lowest BCUT2D eigenvalue weighted by molar-refractivity contribution is -0.141. The maximum absolute atomic E-state index is 11.6. The Labute approximate surface area is 168 Å². The van der Waals surface area contributed by atoms with Crippen LogP contribution in [0.3, 0.4) is 0 Å². The molecular formula is C21H23ClN4O2. The summed E-state index contributed by atoms with van der Waals surface area (Å²) in [4.78, 5) is 18.5. The Morgan fingerprint density at radius 1 is 1.32 bits per heavy atom. The number of aryl methyl sites for hydroxylation is 1. The van der Waals surface area contributed by atoms with Gasteiger partial charge in [-0.25, -0.2) is 4.98 Å². The molecule has 146 valence electrons. The van der Waals surface area contributed by atoms with Gasteiger partial charge in [0, 0.05) is 41.0 Å². The first-order chi connectivity index (χ1) is 13.5. The highest BCUT2D eigenvalue weighted by Crippen LogP contribution is 2.31. The van der Waals surface area contributed by atoms with Crippen molar-refractivity contribution in [3.8, 4) is 11.3 Å². The van der Waals surface area contributed by atoms with E-state index in [0.717, 1.165) is 59.8 Å². The first-order valence-corrected chi connectivity index (χ1v) is 9.98. The molecule has 7 heteroatoms. The average molecular weight is 399 g/mol. The fraction of sp³-hybridized carbons (Fsp3) is 0.381. The lowest BCUT2D eigenvalue weighted by Crippen LogP contribution is -2.40. The van der Waals surface area contributed by atoms with Crippen LogP contribution in [0.1, 0.15) is 31.0 Å². The summed E-state index contributed by atoms with van der Waals surface area (Å²) in [6.07, 6.45) is 2.39. The Kier molecular flexibility index (Phi) is 4.98. The number of carboxylic acids is 1. The number of rotatable bonds is 4. The zero-order chi connectivity index (χ0) is 19.8. The third-order valence-corrected chi connectivity index (χ3v) is 5.70. The number of anilines is 1. The molecule has 0 radical (unpaired) electrons. The van der Waals surface area contributed by atoms with Gasteiger partial charge in [-0.05, 0) is 38.3 Å². The summed E-state index contributed by atoms with van der Waals surface area (Å²) >= 11 is 6.01. The second kappa shape index (κ2) is 7.43. The summed E-state index contributed by atoms with van der Waals surface area (Å²) < 4.78 is 1.88. The lowest BCUT2D eigenvalue weighted by Gasteiger charge is -2.34. The van der Waals surface area contributed by atoms with Gasteiger partial charge in [-0.2, -0.15) is 9.61 Å². The summed E-state index contributed by atoms with van der Waals surface area (Å²) in [7, 11) is 0. The van der Waals surface area contributed by atoms with Crippen LogP contribution in [0.5, 0.6) is 0 Å². The highest BCUT2D eigenvalue weighted by atomic mass is 35.5. The summed E-state index contributed by atoms with van der Waals surface area (Å²) in [6, 6.07) is 9.55. The van der Waals surface area contributed by atoms with E-state index in [1.165, 1.54) is 0 Å². The van der Waals surface area contributed by atoms with Gasteiger partial charge in [0.1, 0.15) is 5.82 Å². The van der Waals surface area contributed by atoms with E-state index in [9.17, 15) is 9.90 Å². The van der Waals surface area contributed by atoms with E-state index in [1.54, 1.807) is 0 Å². The van der Waals surface area contributed by atoms with Gasteiger partial charge in [0.2, 0.25) is 0 Å². The summed E-state index contributed by atoms with van der Waals surface area (Å²) in [5.41, 5.74) is 4.64. The van der Waals surface area contributed by atoms with E-state index in [-0.39, 0.29) is 5.92 Å². The fourth-order valence-electron chi connectivity index (χ4n) is 4.01. The zero-order valence-corrected chi connectivity index (χ0v) is 16.8. The number of hydrogen-bond acceptors (Lipinski definition) is 4. The first-order valence-electron chi connectivity index (χ1n) is 9.61. The molecule has 2 aromatic heterocycles. The van der Waals surface area contributed by atoms with Crippen molar-refractivity contribution >= 4 is 29.0 Å². The van der Waals surface area contributed by atoms with E-state index in [2.05, 4.69) is 11.8 Å². The minimum Gasteiger partial charge on any atom is -0.481 e. The molecule has 1 aliphatic rings. The maximum Gasteiger partial charge on any atom is 0.308 e. The summed E-state index contributed by atoms with van der Waals surface area (Å²) in [6.45, 7) is 5.43. The zero-order valence-electron chi connectivity index (χ0n) is 16.0. The maximum atomic E-state index is 11.6. The number of hydrogen-bond donors (Lipinski definition) is 1. The average Bonchev–Trinajstić information content (AvgIpc) is 3.10. The van der Waals surface area contributed by atoms with Crippen molar-refractivity contribution in [1.29, 1.82) is 0 Å². The van der Waals surface area contributed by atoms with E-state index >= 15 is 0 Å². The molecule has 0 amide bonds. The Morgan fingerprint density at radius 2 is 2.07 bits per heavy atom. The number of aromatic nitrogens is 3. The number of aliphatic carboxylic acids is 1. The minimum atomic E-state index is -0.730. The molecule has 6 nitrogen and oxygen atoms in total. The van der Waals surface area contributed by atoms with Gasteiger partial charge in [0.25, 0.3) is 0 Å². The minimum absolute atomic E-state index is 0.353. The van der Waals surface area contributed by atoms with E-state index in [0.29, 0.717) is 11.6 Å². The molecule has 1 fully saturated rings. The number of benzene rings is 1. The number of carboxylic acid groups (broad SMARTS) is 1. The number of halogens is 1. The number of nitrogens with zero attached hydrogens (tertiary/aromatic N) is 4. The van der Waals surface area contributed by atoms with Crippen LogP contribution in [0.2, 0.25) is 5.02 Å². The van der Waals surface area contributed by atoms with Crippen molar-refractivity contribution < 1.29 is 9.90 Å². The first kappa shape index (κ1) is 18.7. The van der Waals surface area contributed by atoms with Crippen LogP contribution in [0.4, 0.5) is 5.82 Å². The predicted molar refractivity (Wildman–Crippen MR) is 110 cm³/mol. The van der Waals surface area contributed by atoms with Gasteiger partial charge in [-0.1, -0.05) is 30.7 Å². The van der Waals surface area contributed by atoms with Gasteiger partial charge in [-0.15, -0.1) is 0 Å². The molecule has 3 heterocycles. The molecule has 0 aliphatic carbocycles. The van der Waals surface area contributed by atoms with E-state index in [1.807, 2.05) is 41.8 Å². The highest BCUT2D eigenvalue weighted by Gasteiger charge is 2.29. The molecule has 1 N–H and O–H groups in total. The normalized spacial score (nSPS) is 17.2. The molecule has 1 saturated heterocycles. The SMILES string of the molecule is CCc1c(C)nc2cc(-c3ccc(Cl)cc3)nn2c1N1CCCC(C(=O)O)C1. The fourth-order valence-corrected chi connectivity index (χ4v) is 4.13. The molecule has 28 heavy (non-hydrogen) atoms. The van der Waals surface area contributed by atoms with E-state index in [4.69, 9.17) is 21.7 Å². The van der Waals surface area contributed by atoms with Crippen molar-refractivity contribution in [2.75, 3.05) is 18.0 Å². The van der Waals surface area contributed by atoms with Gasteiger partial charge < -0.3 is 10.0 Å². The molecule has 4 rings (SSSR count). The van der Waals surface area contributed by atoms with Crippen molar-refractivity contribution in [3.05, 3.63) is 46.6 Å².